The zero-order valence-corrected chi connectivity index (χ0v) is 22.7. The van der Waals surface area contributed by atoms with Crippen molar-refractivity contribution in [2.45, 2.75) is 58.4 Å². The van der Waals surface area contributed by atoms with E-state index < -0.39 is 11.9 Å². The van der Waals surface area contributed by atoms with Gasteiger partial charge in [0.2, 0.25) is 5.91 Å². The highest BCUT2D eigenvalue weighted by Crippen LogP contribution is 2.37. The summed E-state index contributed by atoms with van der Waals surface area (Å²) in [6.45, 7) is 12.6. The first-order chi connectivity index (χ1) is 17.9. The van der Waals surface area contributed by atoms with Gasteiger partial charge in [-0.25, -0.2) is 14.0 Å². The van der Waals surface area contributed by atoms with Gasteiger partial charge in [0.15, 0.2) is 0 Å². The second-order valence-electron chi connectivity index (χ2n) is 11.2. The fourth-order valence-electron chi connectivity index (χ4n) is 5.71. The number of carboxylic acids is 2. The van der Waals surface area contributed by atoms with E-state index in [1.165, 1.54) is 11.6 Å². The maximum atomic E-state index is 13.7. The summed E-state index contributed by atoms with van der Waals surface area (Å²) in [6.07, 6.45) is 2.58. The molecule has 1 amide bonds. The Hall–Kier alpha value is -3.26. The SMILES string of the molecule is CC(C)C1c2ccc(F)cc2CCN1C(=O)C1CCN(CC(C)(C)c2ccccc2)CC1.O=C(O)C(=O)O. The smallest absolute Gasteiger partial charge is 0.414 e. The summed E-state index contributed by atoms with van der Waals surface area (Å²) < 4.78 is 13.7. The van der Waals surface area contributed by atoms with Crippen LogP contribution >= 0.6 is 0 Å². The molecule has 2 heterocycles. The molecule has 1 saturated heterocycles. The maximum absolute atomic E-state index is 13.7. The molecule has 1 unspecified atom stereocenters. The van der Waals surface area contributed by atoms with Gasteiger partial charge in [0, 0.05) is 24.4 Å². The van der Waals surface area contributed by atoms with E-state index in [-0.39, 0.29) is 23.2 Å². The van der Waals surface area contributed by atoms with E-state index >= 15 is 0 Å². The highest BCUT2D eigenvalue weighted by molar-refractivity contribution is 6.27. The molecule has 8 heteroatoms. The van der Waals surface area contributed by atoms with Gasteiger partial charge in [0.1, 0.15) is 5.82 Å². The van der Waals surface area contributed by atoms with Gasteiger partial charge in [-0.3, -0.25) is 4.79 Å². The molecule has 0 aliphatic carbocycles. The van der Waals surface area contributed by atoms with Gasteiger partial charge >= 0.3 is 11.9 Å². The highest BCUT2D eigenvalue weighted by Gasteiger charge is 2.37. The fraction of sp³-hybridized carbons (Fsp3) is 0.500. The molecule has 0 radical (unpaired) electrons. The molecule has 2 aromatic rings. The predicted molar refractivity (Wildman–Crippen MR) is 143 cm³/mol. The first-order valence-electron chi connectivity index (χ1n) is 13.2. The van der Waals surface area contributed by atoms with Gasteiger partial charge in [0.05, 0.1) is 6.04 Å². The molecule has 4 rings (SSSR count). The third-order valence-corrected chi connectivity index (χ3v) is 7.59. The van der Waals surface area contributed by atoms with E-state index in [0.717, 1.165) is 50.0 Å². The van der Waals surface area contributed by atoms with Gasteiger partial charge in [0.25, 0.3) is 0 Å². The van der Waals surface area contributed by atoms with Crippen LogP contribution in [0.5, 0.6) is 0 Å². The van der Waals surface area contributed by atoms with Crippen molar-refractivity contribution < 1.29 is 29.0 Å². The first-order valence-corrected chi connectivity index (χ1v) is 13.2. The summed E-state index contributed by atoms with van der Waals surface area (Å²) in [6, 6.07) is 15.8. The van der Waals surface area contributed by atoms with Crippen LogP contribution < -0.4 is 0 Å². The van der Waals surface area contributed by atoms with Crippen molar-refractivity contribution in [3.63, 3.8) is 0 Å². The van der Waals surface area contributed by atoms with Crippen molar-refractivity contribution in [1.29, 1.82) is 0 Å². The Labute approximate surface area is 224 Å². The minimum atomic E-state index is -1.82. The monoisotopic (exact) mass is 526 g/mol. The van der Waals surface area contributed by atoms with Crippen LogP contribution in [0.25, 0.3) is 0 Å². The lowest BCUT2D eigenvalue weighted by Crippen LogP contribution is -2.48. The summed E-state index contributed by atoms with van der Waals surface area (Å²) in [5.74, 6) is -3.15. The third kappa shape index (κ3) is 7.19. The fourth-order valence-corrected chi connectivity index (χ4v) is 5.71. The number of carboxylic acid groups (broad SMARTS) is 2. The lowest BCUT2D eigenvalue weighted by atomic mass is 9.82. The van der Waals surface area contributed by atoms with Crippen LogP contribution in [-0.2, 0) is 26.2 Å². The lowest BCUT2D eigenvalue weighted by molar-refractivity contribution is -0.159. The minimum Gasteiger partial charge on any atom is -0.473 e. The van der Waals surface area contributed by atoms with E-state index in [1.54, 1.807) is 6.07 Å². The molecule has 2 aromatic carbocycles. The maximum Gasteiger partial charge on any atom is 0.414 e. The standard InChI is InChI=1S/C28H37FN2O.C2H2O4/c1-20(2)26-25-11-10-24(29)18-22(25)14-17-31(26)27(32)21-12-15-30(16-13-21)19-28(3,4)23-8-6-5-7-9-23;3-1(4)2(5)6/h5-11,18,20-21,26H,12-17,19H2,1-4H3;(H,3,4)(H,5,6). The Balaban J connectivity index is 0.000000599. The van der Waals surface area contributed by atoms with Gasteiger partial charge in [-0.1, -0.05) is 64.1 Å². The molecular formula is C30H39FN2O5. The number of hydrogen-bond donors (Lipinski definition) is 2. The Kier molecular flexibility index (Phi) is 9.66. The largest absolute Gasteiger partial charge is 0.473 e. The average Bonchev–Trinajstić information content (AvgIpc) is 2.88. The molecule has 2 N–H and O–H groups in total. The molecule has 206 valence electrons. The van der Waals surface area contributed by atoms with Crippen LogP contribution in [0.4, 0.5) is 4.39 Å². The third-order valence-electron chi connectivity index (χ3n) is 7.59. The number of nitrogens with zero attached hydrogens (tertiary/aromatic N) is 2. The molecular weight excluding hydrogens is 487 g/mol. The number of fused-ring (bicyclic) bond motifs is 1. The summed E-state index contributed by atoms with van der Waals surface area (Å²) in [7, 11) is 0. The van der Waals surface area contributed by atoms with E-state index in [1.807, 2.05) is 6.07 Å². The second kappa shape index (κ2) is 12.5. The zero-order valence-electron chi connectivity index (χ0n) is 22.7. The number of hydrogen-bond acceptors (Lipinski definition) is 4. The topological polar surface area (TPSA) is 98.2 Å². The Morgan fingerprint density at radius 3 is 2.13 bits per heavy atom. The number of rotatable bonds is 5. The molecule has 7 nitrogen and oxygen atoms in total. The van der Waals surface area contributed by atoms with E-state index in [2.05, 4.69) is 67.8 Å². The van der Waals surface area contributed by atoms with Crippen LogP contribution in [0.1, 0.15) is 63.3 Å². The molecule has 0 bridgehead atoms. The van der Waals surface area contributed by atoms with Crippen molar-refractivity contribution in [1.82, 2.24) is 9.80 Å². The van der Waals surface area contributed by atoms with Gasteiger partial charge in [-0.15, -0.1) is 0 Å². The number of carbonyl (C=O) groups is 3. The predicted octanol–water partition coefficient (Wildman–Crippen LogP) is 4.75. The van der Waals surface area contributed by atoms with Crippen LogP contribution in [0, 0.1) is 17.7 Å². The summed E-state index contributed by atoms with van der Waals surface area (Å²) >= 11 is 0. The zero-order chi connectivity index (χ0) is 28.0. The molecule has 0 saturated carbocycles. The molecule has 1 fully saturated rings. The van der Waals surface area contributed by atoms with Gasteiger partial charge in [-0.05, 0) is 67.1 Å². The van der Waals surface area contributed by atoms with Gasteiger partial charge < -0.3 is 20.0 Å². The Morgan fingerprint density at radius 2 is 1.58 bits per heavy atom. The van der Waals surface area contributed by atoms with Crippen molar-refractivity contribution >= 4 is 17.8 Å². The molecule has 2 aliphatic rings. The molecule has 0 aromatic heterocycles. The number of benzene rings is 2. The first kappa shape index (κ1) is 29.3. The van der Waals surface area contributed by atoms with Crippen LogP contribution in [0.2, 0.25) is 0 Å². The van der Waals surface area contributed by atoms with Crippen LogP contribution in [0.15, 0.2) is 48.5 Å². The quantitative estimate of drug-likeness (QED) is 0.546. The second-order valence-corrected chi connectivity index (χ2v) is 11.2. The highest BCUT2D eigenvalue weighted by atomic mass is 19.1. The number of carbonyl (C=O) groups excluding carboxylic acids is 1. The summed E-state index contributed by atoms with van der Waals surface area (Å²) in [4.78, 5) is 36.4. The van der Waals surface area contributed by atoms with Crippen LogP contribution in [-0.4, -0.2) is 64.0 Å². The summed E-state index contributed by atoms with van der Waals surface area (Å²) in [5.41, 5.74) is 3.64. The van der Waals surface area contributed by atoms with Crippen molar-refractivity contribution in [3.05, 3.63) is 71.0 Å². The van der Waals surface area contributed by atoms with Crippen molar-refractivity contribution in [2.75, 3.05) is 26.2 Å². The number of amides is 1. The van der Waals surface area contributed by atoms with Gasteiger partial charge in [-0.2, -0.15) is 0 Å². The Bertz CT molecular complexity index is 1110. The minimum absolute atomic E-state index is 0.0434. The normalized spacial score (nSPS) is 18.4. The molecule has 38 heavy (non-hydrogen) atoms. The lowest BCUT2D eigenvalue weighted by Gasteiger charge is -2.43. The number of piperidine rings is 1. The molecule has 0 spiro atoms. The van der Waals surface area contributed by atoms with Crippen molar-refractivity contribution in [3.8, 4) is 0 Å². The van der Waals surface area contributed by atoms with Crippen molar-refractivity contribution in [2.24, 2.45) is 11.8 Å². The summed E-state index contributed by atoms with van der Waals surface area (Å²) in [5, 5.41) is 14.8. The van der Waals surface area contributed by atoms with E-state index in [0.29, 0.717) is 18.4 Å². The molecule has 1 atom stereocenters. The van der Waals surface area contributed by atoms with Crippen LogP contribution in [0.3, 0.4) is 0 Å². The average molecular weight is 527 g/mol. The molecule has 2 aliphatic heterocycles. The van der Waals surface area contributed by atoms with E-state index in [9.17, 15) is 9.18 Å². The number of halogens is 1. The van der Waals surface area contributed by atoms with E-state index in [4.69, 9.17) is 19.8 Å². The number of likely N-dealkylation sites (tertiary alicyclic amines) is 1. The number of aliphatic carboxylic acids is 2. The Morgan fingerprint density at radius 1 is 0.974 bits per heavy atom.